The molecule has 32 heavy (non-hydrogen) atoms. The Kier molecular flexibility index (Phi) is 5.28. The van der Waals surface area contributed by atoms with Gasteiger partial charge in [-0.1, -0.05) is 54.6 Å². The molecular weight excluding hydrogens is 424 g/mol. The maximum Gasteiger partial charge on any atom is 0.252 e. The minimum atomic E-state index is -3.70. The first-order valence-corrected chi connectivity index (χ1v) is 11.9. The summed E-state index contributed by atoms with van der Waals surface area (Å²) in [5.41, 5.74) is 2.68. The minimum absolute atomic E-state index is 0.245. The van der Waals surface area contributed by atoms with Crippen LogP contribution < -0.4 is 5.32 Å². The Labute approximate surface area is 186 Å². The molecule has 1 atom stereocenters. The highest BCUT2D eigenvalue weighted by atomic mass is 32.2. The summed E-state index contributed by atoms with van der Waals surface area (Å²) < 4.78 is 33.8. The number of fused-ring (bicyclic) bond motifs is 1. The quantitative estimate of drug-likeness (QED) is 0.479. The third kappa shape index (κ3) is 3.59. The van der Waals surface area contributed by atoms with Crippen LogP contribution in [0.1, 0.15) is 16.8 Å². The van der Waals surface area contributed by atoms with E-state index in [1.807, 2.05) is 42.5 Å². The van der Waals surface area contributed by atoms with Gasteiger partial charge in [0, 0.05) is 30.1 Å². The summed E-state index contributed by atoms with van der Waals surface area (Å²) in [7, 11) is -3.70. The molecule has 1 saturated heterocycles. The molecule has 4 aromatic rings. The van der Waals surface area contributed by atoms with E-state index < -0.39 is 10.0 Å². The molecule has 1 aliphatic heterocycles. The standard InChI is InChI=1S/C25H22N2O4S/c28-25(22-10-6-11-23-21(22)14-16-31-23)26-17-19-13-15-27(19)32(29,30)24-12-5-4-9-20(24)18-7-2-1-3-8-18/h1-12,14,16,19H,13,15,17H2,(H,26,28)/t19-/m0/s1. The zero-order valence-electron chi connectivity index (χ0n) is 17.3. The van der Waals surface area contributed by atoms with Crippen LogP contribution in [0.5, 0.6) is 0 Å². The van der Waals surface area contributed by atoms with Crippen LogP contribution in [0.25, 0.3) is 22.1 Å². The molecule has 1 N–H and O–H groups in total. The Bertz CT molecular complexity index is 1380. The van der Waals surface area contributed by atoms with E-state index in [0.717, 1.165) is 10.9 Å². The molecule has 1 aliphatic rings. The third-order valence-corrected chi connectivity index (χ3v) is 7.90. The summed E-state index contributed by atoms with van der Waals surface area (Å²) >= 11 is 0. The number of hydrogen-bond acceptors (Lipinski definition) is 4. The Morgan fingerprint density at radius 2 is 1.75 bits per heavy atom. The first kappa shape index (κ1) is 20.5. The predicted octanol–water partition coefficient (Wildman–Crippen LogP) is 4.29. The normalized spacial score (nSPS) is 16.6. The van der Waals surface area contributed by atoms with Gasteiger partial charge in [-0.25, -0.2) is 8.42 Å². The Hall–Kier alpha value is -3.42. The Morgan fingerprint density at radius 3 is 2.53 bits per heavy atom. The number of nitrogens with zero attached hydrogens (tertiary/aromatic N) is 1. The van der Waals surface area contributed by atoms with Gasteiger partial charge in [-0.2, -0.15) is 4.31 Å². The molecule has 7 heteroatoms. The van der Waals surface area contributed by atoms with Gasteiger partial charge >= 0.3 is 0 Å². The van der Waals surface area contributed by atoms with Crippen molar-refractivity contribution < 1.29 is 17.6 Å². The summed E-state index contributed by atoms with van der Waals surface area (Å²) in [5, 5.41) is 3.63. The Morgan fingerprint density at radius 1 is 0.969 bits per heavy atom. The minimum Gasteiger partial charge on any atom is -0.464 e. The predicted molar refractivity (Wildman–Crippen MR) is 123 cm³/mol. The van der Waals surface area contributed by atoms with Gasteiger partial charge in [0.1, 0.15) is 5.58 Å². The van der Waals surface area contributed by atoms with E-state index in [2.05, 4.69) is 5.32 Å². The average Bonchev–Trinajstić information content (AvgIpc) is 3.27. The number of nitrogens with one attached hydrogen (secondary N) is 1. The molecule has 5 rings (SSSR count). The van der Waals surface area contributed by atoms with E-state index in [-0.39, 0.29) is 23.4 Å². The highest BCUT2D eigenvalue weighted by molar-refractivity contribution is 7.89. The molecule has 3 aromatic carbocycles. The highest BCUT2D eigenvalue weighted by Gasteiger charge is 2.39. The number of benzene rings is 3. The lowest BCUT2D eigenvalue weighted by molar-refractivity contribution is 0.0929. The first-order valence-electron chi connectivity index (χ1n) is 10.5. The van der Waals surface area contributed by atoms with E-state index in [1.54, 1.807) is 42.7 Å². The second-order valence-corrected chi connectivity index (χ2v) is 9.63. The summed E-state index contributed by atoms with van der Waals surface area (Å²) in [4.78, 5) is 13.0. The van der Waals surface area contributed by atoms with Crippen LogP contribution in [-0.4, -0.2) is 37.8 Å². The van der Waals surface area contributed by atoms with Crippen molar-refractivity contribution in [2.75, 3.05) is 13.1 Å². The van der Waals surface area contributed by atoms with Crippen LogP contribution in [0.2, 0.25) is 0 Å². The van der Waals surface area contributed by atoms with Gasteiger partial charge in [0.05, 0.1) is 16.7 Å². The first-order chi connectivity index (χ1) is 15.6. The number of sulfonamides is 1. The van der Waals surface area contributed by atoms with Crippen LogP contribution in [0.15, 0.2) is 94.4 Å². The average molecular weight is 447 g/mol. The van der Waals surface area contributed by atoms with Gasteiger partial charge in [-0.15, -0.1) is 0 Å². The van der Waals surface area contributed by atoms with Crippen LogP contribution >= 0.6 is 0 Å². The molecule has 0 bridgehead atoms. The smallest absolute Gasteiger partial charge is 0.252 e. The molecule has 6 nitrogen and oxygen atoms in total. The van der Waals surface area contributed by atoms with Crippen molar-refractivity contribution in [3.8, 4) is 11.1 Å². The molecule has 1 aromatic heterocycles. The van der Waals surface area contributed by atoms with E-state index in [0.29, 0.717) is 29.7 Å². The van der Waals surface area contributed by atoms with Crippen molar-refractivity contribution in [3.63, 3.8) is 0 Å². The number of carbonyl (C=O) groups excluding carboxylic acids is 1. The second-order valence-electron chi connectivity index (χ2n) is 7.77. The highest BCUT2D eigenvalue weighted by Crippen LogP contribution is 2.33. The fraction of sp³-hybridized carbons (Fsp3) is 0.160. The summed E-state index contributed by atoms with van der Waals surface area (Å²) in [6.07, 6.45) is 2.24. The fourth-order valence-corrected chi connectivity index (χ4v) is 5.99. The number of carbonyl (C=O) groups is 1. The second kappa shape index (κ2) is 8.26. The van der Waals surface area contributed by atoms with Crippen LogP contribution in [0.3, 0.4) is 0 Å². The van der Waals surface area contributed by atoms with Gasteiger partial charge in [0.2, 0.25) is 10.0 Å². The molecule has 0 unspecified atom stereocenters. The number of hydrogen-bond donors (Lipinski definition) is 1. The van der Waals surface area contributed by atoms with E-state index >= 15 is 0 Å². The van der Waals surface area contributed by atoms with Crippen LogP contribution in [-0.2, 0) is 10.0 Å². The molecule has 1 amide bonds. The fourth-order valence-electron chi connectivity index (χ4n) is 4.11. The zero-order valence-corrected chi connectivity index (χ0v) is 18.1. The largest absolute Gasteiger partial charge is 0.464 e. The summed E-state index contributed by atoms with van der Waals surface area (Å²) in [6.45, 7) is 0.684. The number of amides is 1. The monoisotopic (exact) mass is 446 g/mol. The molecule has 0 radical (unpaired) electrons. The van der Waals surface area contributed by atoms with Crippen molar-refractivity contribution in [2.24, 2.45) is 0 Å². The third-order valence-electron chi connectivity index (χ3n) is 5.89. The van der Waals surface area contributed by atoms with Crippen molar-refractivity contribution in [3.05, 3.63) is 90.7 Å². The number of rotatable bonds is 6. The van der Waals surface area contributed by atoms with Crippen molar-refractivity contribution in [1.82, 2.24) is 9.62 Å². The molecule has 0 saturated carbocycles. The van der Waals surface area contributed by atoms with Crippen molar-refractivity contribution >= 4 is 26.9 Å². The Balaban J connectivity index is 1.34. The lowest BCUT2D eigenvalue weighted by Crippen LogP contribution is -2.55. The zero-order chi connectivity index (χ0) is 22.1. The molecule has 0 spiro atoms. The topological polar surface area (TPSA) is 79.6 Å². The van der Waals surface area contributed by atoms with Crippen molar-refractivity contribution in [1.29, 1.82) is 0 Å². The molecule has 0 aliphatic carbocycles. The van der Waals surface area contributed by atoms with E-state index in [4.69, 9.17) is 4.42 Å². The summed E-state index contributed by atoms with van der Waals surface area (Å²) in [5.74, 6) is -0.245. The lowest BCUT2D eigenvalue weighted by atomic mass is 10.1. The van der Waals surface area contributed by atoms with Gasteiger partial charge in [-0.3, -0.25) is 4.79 Å². The maximum atomic E-state index is 13.5. The van der Waals surface area contributed by atoms with Gasteiger partial charge < -0.3 is 9.73 Å². The maximum absolute atomic E-state index is 13.5. The molecule has 1 fully saturated rings. The molecule has 162 valence electrons. The SMILES string of the molecule is O=C(NC[C@@H]1CCN1S(=O)(=O)c1ccccc1-c1ccccc1)c1cccc2occc12. The molecule has 2 heterocycles. The van der Waals surface area contributed by atoms with Gasteiger partial charge in [0.15, 0.2) is 0 Å². The summed E-state index contributed by atoms with van der Waals surface area (Å²) in [6, 6.07) is 23.3. The molecular formula is C25H22N2O4S. The lowest BCUT2D eigenvalue weighted by Gasteiger charge is -2.40. The van der Waals surface area contributed by atoms with Gasteiger partial charge in [0.25, 0.3) is 5.91 Å². The van der Waals surface area contributed by atoms with Crippen molar-refractivity contribution in [2.45, 2.75) is 17.4 Å². The van der Waals surface area contributed by atoms with Crippen LogP contribution in [0.4, 0.5) is 0 Å². The van der Waals surface area contributed by atoms with Crippen LogP contribution in [0, 0.1) is 0 Å². The number of furan rings is 1. The van der Waals surface area contributed by atoms with E-state index in [1.165, 1.54) is 4.31 Å². The van der Waals surface area contributed by atoms with E-state index in [9.17, 15) is 13.2 Å². The van der Waals surface area contributed by atoms with Gasteiger partial charge in [-0.05, 0) is 36.2 Å².